The van der Waals surface area contributed by atoms with Crippen molar-refractivity contribution in [1.29, 1.82) is 0 Å². The summed E-state index contributed by atoms with van der Waals surface area (Å²) in [5.41, 5.74) is 1.63. The number of hydrogen-bond acceptors (Lipinski definition) is 5. The maximum absolute atomic E-state index is 12.4. The van der Waals surface area contributed by atoms with Gasteiger partial charge in [-0.05, 0) is 26.7 Å². The second-order valence-corrected chi connectivity index (χ2v) is 6.71. The molecule has 2 N–H and O–H groups in total. The Balaban J connectivity index is 1.63. The number of aryl methyl sites for hydroxylation is 2. The summed E-state index contributed by atoms with van der Waals surface area (Å²) >= 11 is 6.01. The highest BCUT2D eigenvalue weighted by atomic mass is 35.5. The van der Waals surface area contributed by atoms with E-state index < -0.39 is 0 Å². The molecule has 1 aliphatic rings. The third-order valence-electron chi connectivity index (χ3n) is 4.62. The minimum absolute atomic E-state index is 0.0491. The second kappa shape index (κ2) is 6.87. The lowest BCUT2D eigenvalue weighted by Crippen LogP contribution is -2.46. The first kappa shape index (κ1) is 17.5. The highest BCUT2D eigenvalue weighted by Crippen LogP contribution is 2.18. The Morgan fingerprint density at radius 3 is 2.60 bits per heavy atom. The first-order chi connectivity index (χ1) is 11.9. The summed E-state index contributed by atoms with van der Waals surface area (Å²) in [5, 5.41) is 7.32. The van der Waals surface area contributed by atoms with Gasteiger partial charge in [0.15, 0.2) is 0 Å². The lowest BCUT2D eigenvalue weighted by atomic mass is 10.1. The van der Waals surface area contributed by atoms with Crippen LogP contribution < -0.4 is 15.8 Å². The molecule has 0 spiro atoms. The van der Waals surface area contributed by atoms with E-state index in [9.17, 15) is 9.59 Å². The molecule has 0 saturated carbocycles. The molecule has 0 aliphatic carbocycles. The van der Waals surface area contributed by atoms with E-state index in [0.717, 1.165) is 18.5 Å². The molecule has 0 aromatic carbocycles. The number of rotatable bonds is 3. The van der Waals surface area contributed by atoms with E-state index in [-0.39, 0.29) is 17.5 Å². The maximum atomic E-state index is 12.4. The van der Waals surface area contributed by atoms with Crippen LogP contribution in [0.25, 0.3) is 0 Å². The summed E-state index contributed by atoms with van der Waals surface area (Å²) in [7, 11) is 1.69. The van der Waals surface area contributed by atoms with Gasteiger partial charge in [0.2, 0.25) is 5.95 Å². The van der Waals surface area contributed by atoms with Crippen molar-refractivity contribution in [1.82, 2.24) is 25.1 Å². The van der Waals surface area contributed by atoms with E-state index in [2.05, 4.69) is 20.4 Å². The number of carbonyl (C=O) groups excluding carboxylic acids is 1. The average Bonchev–Trinajstić information content (AvgIpc) is 2.91. The van der Waals surface area contributed by atoms with E-state index in [4.69, 9.17) is 11.6 Å². The summed E-state index contributed by atoms with van der Waals surface area (Å²) in [5.74, 6) is 0.369. The molecule has 134 valence electrons. The monoisotopic (exact) mass is 364 g/mol. The molecule has 2 aromatic rings. The number of piperidine rings is 1. The number of halogens is 1. The average molecular weight is 365 g/mol. The van der Waals surface area contributed by atoms with Gasteiger partial charge >= 0.3 is 0 Å². The maximum Gasteiger partial charge on any atom is 0.271 e. The zero-order valence-electron chi connectivity index (χ0n) is 14.5. The second-order valence-electron chi connectivity index (χ2n) is 6.30. The summed E-state index contributed by atoms with van der Waals surface area (Å²) in [6.45, 7) is 5.00. The molecule has 0 unspecified atom stereocenters. The number of hydrogen-bond donors (Lipinski definition) is 2. The standard InChI is InChI=1S/C16H21ClN6O2/c1-9-10(2)19-16(21-14(9)24)23-6-4-11(5-7-23)20-15(25)13-12(17)8-18-22(13)3/h8,11H,4-7H2,1-3H3,(H,20,25)(H,19,21,24). The van der Waals surface area contributed by atoms with Gasteiger partial charge in [0.25, 0.3) is 11.5 Å². The normalized spacial score (nSPS) is 15.4. The van der Waals surface area contributed by atoms with Crippen molar-refractivity contribution in [3.63, 3.8) is 0 Å². The van der Waals surface area contributed by atoms with Crippen LogP contribution in [-0.2, 0) is 7.05 Å². The molecule has 1 amide bonds. The van der Waals surface area contributed by atoms with Crippen molar-refractivity contribution in [2.24, 2.45) is 7.05 Å². The summed E-state index contributed by atoms with van der Waals surface area (Å²) in [6, 6.07) is 0.0491. The van der Waals surface area contributed by atoms with Crippen LogP contribution >= 0.6 is 11.6 Å². The van der Waals surface area contributed by atoms with Crippen molar-refractivity contribution >= 4 is 23.5 Å². The Kier molecular flexibility index (Phi) is 4.80. The SMILES string of the molecule is Cc1nc(N2CCC(NC(=O)c3c(Cl)cnn3C)CC2)[nH]c(=O)c1C. The van der Waals surface area contributed by atoms with Gasteiger partial charge in [-0.15, -0.1) is 0 Å². The van der Waals surface area contributed by atoms with Crippen LogP contribution in [0.2, 0.25) is 5.02 Å². The number of aromatic nitrogens is 4. The lowest BCUT2D eigenvalue weighted by Gasteiger charge is -2.32. The molecule has 3 heterocycles. The van der Waals surface area contributed by atoms with Crippen LogP contribution in [0, 0.1) is 13.8 Å². The van der Waals surface area contributed by atoms with Gasteiger partial charge < -0.3 is 10.2 Å². The summed E-state index contributed by atoms with van der Waals surface area (Å²) in [6.07, 6.45) is 2.98. The topological polar surface area (TPSA) is 95.9 Å². The Morgan fingerprint density at radius 1 is 1.36 bits per heavy atom. The molecule has 25 heavy (non-hydrogen) atoms. The number of nitrogens with zero attached hydrogens (tertiary/aromatic N) is 4. The third kappa shape index (κ3) is 3.53. The van der Waals surface area contributed by atoms with Crippen LogP contribution in [0.1, 0.15) is 34.6 Å². The van der Waals surface area contributed by atoms with E-state index in [0.29, 0.717) is 35.3 Å². The molecule has 0 bridgehead atoms. The molecule has 0 radical (unpaired) electrons. The third-order valence-corrected chi connectivity index (χ3v) is 4.90. The molecule has 3 rings (SSSR count). The highest BCUT2D eigenvalue weighted by molar-refractivity contribution is 6.33. The number of aromatic amines is 1. The summed E-state index contributed by atoms with van der Waals surface area (Å²) in [4.78, 5) is 33.6. The minimum atomic E-state index is -0.221. The van der Waals surface area contributed by atoms with Crippen LogP contribution in [0.4, 0.5) is 5.95 Å². The highest BCUT2D eigenvalue weighted by Gasteiger charge is 2.25. The lowest BCUT2D eigenvalue weighted by molar-refractivity contribution is 0.0921. The van der Waals surface area contributed by atoms with Gasteiger partial charge in [0.05, 0.1) is 11.2 Å². The Hall–Kier alpha value is -2.35. The molecular formula is C16H21ClN6O2. The van der Waals surface area contributed by atoms with Crippen molar-refractivity contribution in [2.45, 2.75) is 32.7 Å². The van der Waals surface area contributed by atoms with Crippen LogP contribution in [0.3, 0.4) is 0 Å². The summed E-state index contributed by atoms with van der Waals surface area (Å²) < 4.78 is 1.47. The Morgan fingerprint density at radius 2 is 2.04 bits per heavy atom. The number of anilines is 1. The van der Waals surface area contributed by atoms with Gasteiger partial charge in [0.1, 0.15) is 5.69 Å². The van der Waals surface area contributed by atoms with E-state index in [1.54, 1.807) is 14.0 Å². The molecule has 0 atom stereocenters. The van der Waals surface area contributed by atoms with Crippen molar-refractivity contribution in [3.05, 3.63) is 38.5 Å². The number of nitrogens with one attached hydrogen (secondary N) is 2. The first-order valence-electron chi connectivity index (χ1n) is 8.17. The fourth-order valence-electron chi connectivity index (χ4n) is 2.94. The fourth-order valence-corrected chi connectivity index (χ4v) is 3.19. The number of amides is 1. The van der Waals surface area contributed by atoms with Crippen molar-refractivity contribution in [2.75, 3.05) is 18.0 Å². The minimum Gasteiger partial charge on any atom is -0.348 e. The Bertz CT molecular complexity index is 831. The van der Waals surface area contributed by atoms with E-state index in [1.165, 1.54) is 10.9 Å². The van der Waals surface area contributed by atoms with E-state index >= 15 is 0 Å². The van der Waals surface area contributed by atoms with Crippen LogP contribution in [0.15, 0.2) is 11.0 Å². The number of carbonyl (C=O) groups is 1. The Labute approximate surface area is 150 Å². The first-order valence-corrected chi connectivity index (χ1v) is 8.55. The predicted octanol–water partition coefficient (Wildman–Crippen LogP) is 1.17. The molecule has 9 heteroatoms. The van der Waals surface area contributed by atoms with Gasteiger partial charge in [-0.2, -0.15) is 5.10 Å². The largest absolute Gasteiger partial charge is 0.348 e. The quantitative estimate of drug-likeness (QED) is 0.852. The molecule has 1 fully saturated rings. The van der Waals surface area contributed by atoms with Crippen LogP contribution in [-0.4, -0.2) is 44.8 Å². The number of H-pyrrole nitrogens is 1. The van der Waals surface area contributed by atoms with Crippen LogP contribution in [0.5, 0.6) is 0 Å². The zero-order chi connectivity index (χ0) is 18.1. The fraction of sp³-hybridized carbons (Fsp3) is 0.500. The molecule has 8 nitrogen and oxygen atoms in total. The molecule has 1 aliphatic heterocycles. The predicted molar refractivity (Wildman–Crippen MR) is 95.3 cm³/mol. The van der Waals surface area contributed by atoms with Gasteiger partial charge in [-0.25, -0.2) is 4.98 Å². The van der Waals surface area contributed by atoms with Gasteiger partial charge in [0, 0.05) is 37.4 Å². The molecular weight excluding hydrogens is 344 g/mol. The van der Waals surface area contributed by atoms with Gasteiger partial charge in [-0.1, -0.05) is 11.6 Å². The smallest absolute Gasteiger partial charge is 0.271 e. The zero-order valence-corrected chi connectivity index (χ0v) is 15.2. The molecule has 2 aromatic heterocycles. The van der Waals surface area contributed by atoms with Crippen molar-refractivity contribution in [3.8, 4) is 0 Å². The van der Waals surface area contributed by atoms with Crippen molar-refractivity contribution < 1.29 is 4.79 Å². The van der Waals surface area contributed by atoms with E-state index in [1.807, 2.05) is 11.8 Å². The molecule has 1 saturated heterocycles. The van der Waals surface area contributed by atoms with Gasteiger partial charge in [-0.3, -0.25) is 19.3 Å².